The highest BCUT2D eigenvalue weighted by molar-refractivity contribution is 5.29. The van der Waals surface area contributed by atoms with E-state index in [4.69, 9.17) is 14.6 Å². The monoisotopic (exact) mass is 271 g/mol. The number of hydrogen-bond acceptors (Lipinski definition) is 4. The van der Waals surface area contributed by atoms with Crippen molar-refractivity contribution in [1.29, 1.82) is 0 Å². The highest BCUT2D eigenvalue weighted by Crippen LogP contribution is 2.16. The molecule has 0 aliphatic carbocycles. The lowest BCUT2D eigenvalue weighted by atomic mass is 10.2. The van der Waals surface area contributed by atoms with Crippen molar-refractivity contribution in [2.45, 2.75) is 19.4 Å². The number of hydrogen-bond donors (Lipinski definition) is 2. The predicted molar refractivity (Wildman–Crippen MR) is 71.8 cm³/mol. The summed E-state index contributed by atoms with van der Waals surface area (Å²) in [6.45, 7) is 2.56. The quantitative estimate of drug-likeness (QED) is 0.636. The molecule has 0 aromatic heterocycles. The lowest BCUT2D eigenvalue weighted by Gasteiger charge is -2.09. The van der Waals surface area contributed by atoms with Gasteiger partial charge in [-0.1, -0.05) is 0 Å². The van der Waals surface area contributed by atoms with Crippen molar-refractivity contribution < 1.29 is 19.0 Å². The molecule has 0 heterocycles. The number of nitrogens with one attached hydrogen (secondary N) is 1. The minimum atomic E-state index is -0.303. The summed E-state index contributed by atoms with van der Waals surface area (Å²) in [5.41, 5.74) is 0.841. The molecular weight excluding hydrogens is 249 g/mol. The van der Waals surface area contributed by atoms with E-state index in [0.29, 0.717) is 31.9 Å². The number of unbranched alkanes of at least 4 members (excludes halogenated alkanes) is 1. The molecule has 0 saturated carbocycles. The van der Waals surface area contributed by atoms with Crippen LogP contribution < -0.4 is 10.1 Å². The van der Waals surface area contributed by atoms with Gasteiger partial charge in [-0.15, -0.1) is 0 Å². The third-order valence-electron chi connectivity index (χ3n) is 2.56. The van der Waals surface area contributed by atoms with Gasteiger partial charge in [-0.05, 0) is 30.5 Å². The predicted octanol–water partition coefficient (Wildman–Crippen LogP) is 1.71. The summed E-state index contributed by atoms with van der Waals surface area (Å²) in [5, 5.41) is 11.8. The minimum absolute atomic E-state index is 0.154. The third kappa shape index (κ3) is 7.10. The van der Waals surface area contributed by atoms with Gasteiger partial charge in [0.05, 0.1) is 13.2 Å². The summed E-state index contributed by atoms with van der Waals surface area (Å²) in [5.74, 6) is 0.227. The Morgan fingerprint density at radius 3 is 2.79 bits per heavy atom. The standard InChI is InChI=1S/C14H22FNO3/c1-18-7-4-16-11-12-8-13(15)10-14(9-12)19-6-3-2-5-17/h8-10,16-17H,2-7,11H2,1H3. The van der Waals surface area contributed by atoms with Crippen LogP contribution in [0.2, 0.25) is 0 Å². The fourth-order valence-corrected chi connectivity index (χ4v) is 1.62. The van der Waals surface area contributed by atoms with Crippen molar-refractivity contribution in [2.24, 2.45) is 0 Å². The fourth-order valence-electron chi connectivity index (χ4n) is 1.62. The highest BCUT2D eigenvalue weighted by Gasteiger charge is 2.02. The van der Waals surface area contributed by atoms with Gasteiger partial charge in [0.1, 0.15) is 11.6 Å². The molecule has 108 valence electrons. The van der Waals surface area contributed by atoms with Crippen LogP contribution in [0.1, 0.15) is 18.4 Å². The molecule has 0 aliphatic heterocycles. The number of halogens is 1. The van der Waals surface area contributed by atoms with E-state index in [1.165, 1.54) is 12.1 Å². The minimum Gasteiger partial charge on any atom is -0.493 e. The molecule has 0 aliphatic rings. The molecule has 4 nitrogen and oxygen atoms in total. The zero-order valence-corrected chi connectivity index (χ0v) is 11.3. The average Bonchev–Trinajstić information content (AvgIpc) is 2.39. The maximum atomic E-state index is 13.4. The highest BCUT2D eigenvalue weighted by atomic mass is 19.1. The molecule has 0 spiro atoms. The van der Waals surface area contributed by atoms with Crippen LogP contribution in [0.25, 0.3) is 0 Å². The molecule has 0 radical (unpaired) electrons. The zero-order valence-electron chi connectivity index (χ0n) is 11.3. The molecule has 5 heteroatoms. The lowest BCUT2D eigenvalue weighted by Crippen LogP contribution is -2.18. The lowest BCUT2D eigenvalue weighted by molar-refractivity contribution is 0.199. The molecule has 1 rings (SSSR count). The van der Waals surface area contributed by atoms with Crippen LogP contribution in [0, 0.1) is 5.82 Å². The maximum absolute atomic E-state index is 13.4. The van der Waals surface area contributed by atoms with E-state index >= 15 is 0 Å². The van der Waals surface area contributed by atoms with Crippen molar-refractivity contribution in [1.82, 2.24) is 5.32 Å². The van der Waals surface area contributed by atoms with Crippen LogP contribution in [0.3, 0.4) is 0 Å². The Hall–Kier alpha value is -1.17. The van der Waals surface area contributed by atoms with Gasteiger partial charge in [-0.3, -0.25) is 0 Å². The Bertz CT molecular complexity index is 330. The summed E-state index contributed by atoms with van der Waals surface area (Å²) in [6.07, 6.45) is 1.45. The van der Waals surface area contributed by atoms with Gasteiger partial charge >= 0.3 is 0 Å². The van der Waals surface area contributed by atoms with E-state index in [1.54, 1.807) is 7.11 Å². The van der Waals surface area contributed by atoms with Crippen LogP contribution in [0.5, 0.6) is 5.75 Å². The summed E-state index contributed by atoms with van der Waals surface area (Å²) < 4.78 is 23.8. The molecule has 19 heavy (non-hydrogen) atoms. The molecule has 1 aromatic rings. The molecule has 0 unspecified atom stereocenters. The van der Waals surface area contributed by atoms with E-state index in [1.807, 2.05) is 6.07 Å². The molecule has 2 N–H and O–H groups in total. The maximum Gasteiger partial charge on any atom is 0.127 e. The van der Waals surface area contributed by atoms with Crippen LogP contribution in [-0.4, -0.2) is 38.6 Å². The number of methoxy groups -OCH3 is 1. The first kappa shape index (κ1) is 15.9. The molecule has 0 saturated heterocycles. The largest absolute Gasteiger partial charge is 0.493 e. The Morgan fingerprint density at radius 2 is 2.05 bits per heavy atom. The average molecular weight is 271 g/mol. The van der Waals surface area contributed by atoms with E-state index in [2.05, 4.69) is 5.32 Å². The van der Waals surface area contributed by atoms with Crippen molar-refractivity contribution in [3.05, 3.63) is 29.6 Å². The second-order valence-corrected chi connectivity index (χ2v) is 4.24. The molecule has 0 bridgehead atoms. The Labute approximate surface area is 113 Å². The zero-order chi connectivity index (χ0) is 13.9. The molecule has 0 atom stereocenters. The normalized spacial score (nSPS) is 10.7. The first-order valence-electron chi connectivity index (χ1n) is 6.49. The number of aliphatic hydroxyl groups excluding tert-OH is 1. The van der Waals surface area contributed by atoms with E-state index < -0.39 is 0 Å². The van der Waals surface area contributed by atoms with E-state index in [-0.39, 0.29) is 12.4 Å². The van der Waals surface area contributed by atoms with Crippen molar-refractivity contribution in [3.8, 4) is 5.75 Å². The van der Waals surface area contributed by atoms with Crippen LogP contribution in [0.4, 0.5) is 4.39 Å². The molecule has 0 amide bonds. The summed E-state index contributed by atoms with van der Waals surface area (Å²) in [6, 6.07) is 4.68. The first-order valence-corrected chi connectivity index (χ1v) is 6.49. The summed E-state index contributed by atoms with van der Waals surface area (Å²) in [7, 11) is 1.64. The smallest absolute Gasteiger partial charge is 0.127 e. The van der Waals surface area contributed by atoms with Gasteiger partial charge in [-0.2, -0.15) is 0 Å². The van der Waals surface area contributed by atoms with Gasteiger partial charge in [0.25, 0.3) is 0 Å². The summed E-state index contributed by atoms with van der Waals surface area (Å²) >= 11 is 0. The van der Waals surface area contributed by atoms with Gasteiger partial charge in [0.15, 0.2) is 0 Å². The number of aliphatic hydroxyl groups is 1. The van der Waals surface area contributed by atoms with Crippen molar-refractivity contribution >= 4 is 0 Å². The Balaban J connectivity index is 2.41. The van der Waals surface area contributed by atoms with E-state index in [0.717, 1.165) is 18.5 Å². The molecular formula is C14H22FNO3. The SMILES string of the molecule is COCCNCc1cc(F)cc(OCCCCO)c1. The molecule has 1 aromatic carbocycles. The van der Waals surface area contributed by atoms with Crippen LogP contribution in [-0.2, 0) is 11.3 Å². The van der Waals surface area contributed by atoms with E-state index in [9.17, 15) is 4.39 Å². The third-order valence-corrected chi connectivity index (χ3v) is 2.56. The van der Waals surface area contributed by atoms with Gasteiger partial charge in [0, 0.05) is 32.9 Å². The van der Waals surface area contributed by atoms with Crippen LogP contribution >= 0.6 is 0 Å². The summed E-state index contributed by atoms with van der Waals surface area (Å²) in [4.78, 5) is 0. The van der Waals surface area contributed by atoms with Gasteiger partial charge < -0.3 is 19.9 Å². The number of benzene rings is 1. The first-order chi connectivity index (χ1) is 9.26. The van der Waals surface area contributed by atoms with Crippen molar-refractivity contribution in [3.63, 3.8) is 0 Å². The topological polar surface area (TPSA) is 50.7 Å². The Morgan fingerprint density at radius 1 is 1.21 bits per heavy atom. The Kier molecular flexibility index (Phi) is 8.13. The fraction of sp³-hybridized carbons (Fsp3) is 0.571. The number of ether oxygens (including phenoxy) is 2. The number of rotatable bonds is 10. The van der Waals surface area contributed by atoms with Crippen molar-refractivity contribution in [2.75, 3.05) is 33.5 Å². The van der Waals surface area contributed by atoms with Gasteiger partial charge in [0.2, 0.25) is 0 Å². The second kappa shape index (κ2) is 9.72. The second-order valence-electron chi connectivity index (χ2n) is 4.24. The van der Waals surface area contributed by atoms with Crippen LogP contribution in [0.15, 0.2) is 18.2 Å². The molecule has 0 fully saturated rings. The van der Waals surface area contributed by atoms with Gasteiger partial charge in [-0.25, -0.2) is 4.39 Å².